The van der Waals surface area contributed by atoms with Gasteiger partial charge in [-0.1, -0.05) is 60.7 Å². The van der Waals surface area contributed by atoms with Crippen LogP contribution in [0, 0.1) is 0 Å². The highest BCUT2D eigenvalue weighted by Crippen LogP contribution is 2.45. The van der Waals surface area contributed by atoms with Crippen LogP contribution in [0.4, 0.5) is 0 Å². The molecule has 0 nitrogen and oxygen atoms in total. The van der Waals surface area contributed by atoms with Crippen molar-refractivity contribution in [2.75, 3.05) is 0 Å². The second-order valence-electron chi connectivity index (χ2n) is 7.80. The quantitative estimate of drug-likeness (QED) is 0.253. The van der Waals surface area contributed by atoms with Crippen LogP contribution in [0.25, 0.3) is 52.8 Å². The van der Waals surface area contributed by atoms with Crippen molar-refractivity contribution in [3.63, 3.8) is 0 Å². The molecule has 0 unspecified atom stereocenters. The predicted molar refractivity (Wildman–Crippen MR) is 123 cm³/mol. The van der Waals surface area contributed by atoms with Crippen molar-refractivity contribution in [2.45, 2.75) is 6.42 Å². The summed E-state index contributed by atoms with van der Waals surface area (Å²) in [6.45, 7) is 0. The van der Waals surface area contributed by atoms with Gasteiger partial charge in [-0.25, -0.2) is 0 Å². The van der Waals surface area contributed by atoms with Gasteiger partial charge in [-0.05, 0) is 74.5 Å². The van der Waals surface area contributed by atoms with E-state index in [0.29, 0.717) is 0 Å². The zero-order valence-electron chi connectivity index (χ0n) is 15.2. The Morgan fingerprint density at radius 3 is 2.14 bits per heavy atom. The molecule has 0 amide bonds. The van der Waals surface area contributed by atoms with Gasteiger partial charge in [0.05, 0.1) is 0 Å². The average Bonchev–Trinajstić information content (AvgIpc) is 3.27. The van der Waals surface area contributed by atoms with Crippen LogP contribution in [0.15, 0.2) is 84.9 Å². The summed E-state index contributed by atoms with van der Waals surface area (Å²) >= 11 is 1.92. The lowest BCUT2D eigenvalue weighted by atomic mass is 9.99. The molecule has 0 atom stereocenters. The Hall–Kier alpha value is -3.16. The zero-order chi connectivity index (χ0) is 18.2. The lowest BCUT2D eigenvalue weighted by Crippen LogP contribution is -1.81. The summed E-state index contributed by atoms with van der Waals surface area (Å²) in [6.07, 6.45) is 1.04. The van der Waals surface area contributed by atoms with E-state index in [1.807, 2.05) is 11.3 Å². The summed E-state index contributed by atoms with van der Waals surface area (Å²) in [5.74, 6) is 0. The molecular weight excluding hydrogens is 356 g/mol. The molecule has 5 aromatic carbocycles. The highest BCUT2D eigenvalue weighted by Gasteiger charge is 2.21. The van der Waals surface area contributed by atoms with Crippen LogP contribution in [0.5, 0.6) is 0 Å². The summed E-state index contributed by atoms with van der Waals surface area (Å²) in [7, 11) is 0. The third kappa shape index (κ3) is 1.89. The molecule has 0 N–H and O–H groups in total. The zero-order valence-corrected chi connectivity index (χ0v) is 16.0. The van der Waals surface area contributed by atoms with Crippen molar-refractivity contribution in [2.24, 2.45) is 0 Å². The Balaban J connectivity index is 1.56. The SMILES string of the molecule is c1ccc2cc3c(cc2c1)Cc1cc2c(cc1-3)sc1ccc3ccccc3c12. The van der Waals surface area contributed by atoms with E-state index in [9.17, 15) is 0 Å². The number of rotatable bonds is 0. The fourth-order valence-corrected chi connectivity index (χ4v) is 6.07. The topological polar surface area (TPSA) is 0 Å². The normalized spacial score (nSPS) is 12.9. The van der Waals surface area contributed by atoms with Crippen molar-refractivity contribution in [3.8, 4) is 11.1 Å². The number of hydrogen-bond donors (Lipinski definition) is 0. The van der Waals surface area contributed by atoms with Gasteiger partial charge in [0.1, 0.15) is 0 Å². The summed E-state index contributed by atoms with van der Waals surface area (Å²) in [4.78, 5) is 0. The second-order valence-corrected chi connectivity index (χ2v) is 8.88. The van der Waals surface area contributed by atoms with Gasteiger partial charge in [0.15, 0.2) is 0 Å². The minimum atomic E-state index is 1.04. The van der Waals surface area contributed by atoms with Gasteiger partial charge >= 0.3 is 0 Å². The fourth-order valence-electron chi connectivity index (χ4n) is 4.92. The maximum absolute atomic E-state index is 2.46. The minimum absolute atomic E-state index is 1.04. The molecule has 1 heteroatoms. The molecule has 7 rings (SSSR count). The smallest absolute Gasteiger partial charge is 0.0362 e. The Labute approximate surface area is 166 Å². The first kappa shape index (κ1) is 14.8. The second kappa shape index (κ2) is 5.21. The van der Waals surface area contributed by atoms with E-state index < -0.39 is 0 Å². The summed E-state index contributed by atoms with van der Waals surface area (Å²) in [5, 5.41) is 8.19. The lowest BCUT2D eigenvalue weighted by molar-refractivity contribution is 1.28. The fraction of sp³-hybridized carbons (Fsp3) is 0.0370. The Kier molecular flexibility index (Phi) is 2.76. The molecule has 0 aliphatic heterocycles. The van der Waals surface area contributed by atoms with Crippen LogP contribution in [0.2, 0.25) is 0 Å². The third-order valence-electron chi connectivity index (χ3n) is 6.23. The maximum atomic E-state index is 2.46. The molecule has 0 saturated carbocycles. The molecule has 1 aliphatic carbocycles. The summed E-state index contributed by atoms with van der Waals surface area (Å²) in [6, 6.07) is 31.6. The predicted octanol–water partition coefficient (Wildman–Crippen LogP) is 7.93. The number of fused-ring (bicyclic) bond motifs is 9. The van der Waals surface area contributed by atoms with Gasteiger partial charge in [0.2, 0.25) is 0 Å². The van der Waals surface area contributed by atoms with E-state index in [1.165, 1.54) is 64.0 Å². The van der Waals surface area contributed by atoms with Crippen LogP contribution >= 0.6 is 11.3 Å². The number of hydrogen-bond acceptors (Lipinski definition) is 1. The molecule has 0 spiro atoms. The Bertz CT molecular complexity index is 1580. The molecule has 1 aliphatic rings. The molecule has 0 radical (unpaired) electrons. The average molecular weight is 372 g/mol. The first-order valence-electron chi connectivity index (χ1n) is 9.74. The van der Waals surface area contributed by atoms with Crippen LogP contribution < -0.4 is 0 Å². The maximum Gasteiger partial charge on any atom is 0.0362 e. The van der Waals surface area contributed by atoms with E-state index in [1.54, 1.807) is 0 Å². The standard InChI is InChI=1S/C27H16S/c1-2-7-18-13-22-19(11-17(18)6-1)12-20-14-24-26(15-23(20)22)28-25-10-9-16-5-3-4-8-21(16)27(24)25/h1-11,13-15H,12H2. The van der Waals surface area contributed by atoms with Gasteiger partial charge in [-0.2, -0.15) is 0 Å². The van der Waals surface area contributed by atoms with Gasteiger partial charge in [0.25, 0.3) is 0 Å². The molecule has 1 aromatic heterocycles. The summed E-state index contributed by atoms with van der Waals surface area (Å²) in [5.41, 5.74) is 5.76. The van der Waals surface area contributed by atoms with Crippen molar-refractivity contribution >= 4 is 53.1 Å². The van der Waals surface area contributed by atoms with Crippen molar-refractivity contribution in [1.82, 2.24) is 0 Å². The van der Waals surface area contributed by atoms with Gasteiger partial charge in [-0.3, -0.25) is 0 Å². The first-order valence-corrected chi connectivity index (χ1v) is 10.6. The molecule has 0 saturated heterocycles. The molecule has 28 heavy (non-hydrogen) atoms. The van der Waals surface area contributed by atoms with E-state index in [0.717, 1.165) is 6.42 Å². The largest absolute Gasteiger partial charge is 0.135 e. The molecule has 0 fully saturated rings. The van der Waals surface area contributed by atoms with Crippen LogP contribution in [0.1, 0.15) is 11.1 Å². The van der Waals surface area contributed by atoms with E-state index in [2.05, 4.69) is 84.9 Å². The monoisotopic (exact) mass is 372 g/mol. The van der Waals surface area contributed by atoms with Gasteiger partial charge < -0.3 is 0 Å². The Morgan fingerprint density at radius 1 is 0.536 bits per heavy atom. The van der Waals surface area contributed by atoms with Gasteiger partial charge in [-0.15, -0.1) is 11.3 Å². The third-order valence-corrected chi connectivity index (χ3v) is 7.35. The van der Waals surface area contributed by atoms with Crippen molar-refractivity contribution in [1.29, 1.82) is 0 Å². The molecule has 0 bridgehead atoms. The van der Waals surface area contributed by atoms with Crippen molar-refractivity contribution in [3.05, 3.63) is 96.1 Å². The molecule has 6 aromatic rings. The number of thiophene rings is 1. The van der Waals surface area contributed by atoms with Crippen molar-refractivity contribution < 1.29 is 0 Å². The van der Waals surface area contributed by atoms with E-state index in [-0.39, 0.29) is 0 Å². The highest BCUT2D eigenvalue weighted by molar-refractivity contribution is 7.26. The first-order chi connectivity index (χ1) is 13.8. The lowest BCUT2D eigenvalue weighted by Gasteiger charge is -2.05. The van der Waals surface area contributed by atoms with Gasteiger partial charge in [0, 0.05) is 20.2 Å². The summed E-state index contributed by atoms with van der Waals surface area (Å²) < 4.78 is 2.78. The van der Waals surface area contributed by atoms with E-state index in [4.69, 9.17) is 0 Å². The van der Waals surface area contributed by atoms with Crippen LogP contribution in [-0.2, 0) is 6.42 Å². The Morgan fingerprint density at radius 2 is 1.25 bits per heavy atom. The molecular formula is C27H16S. The number of benzene rings is 5. The molecule has 130 valence electrons. The highest BCUT2D eigenvalue weighted by atomic mass is 32.1. The van der Waals surface area contributed by atoms with E-state index >= 15 is 0 Å². The van der Waals surface area contributed by atoms with Crippen LogP contribution in [0.3, 0.4) is 0 Å². The molecule has 1 heterocycles. The minimum Gasteiger partial charge on any atom is -0.135 e. The van der Waals surface area contributed by atoms with Crippen LogP contribution in [-0.4, -0.2) is 0 Å².